The lowest BCUT2D eigenvalue weighted by atomic mass is 9.94. The van der Waals surface area contributed by atoms with Gasteiger partial charge < -0.3 is 20.9 Å². The van der Waals surface area contributed by atoms with E-state index >= 15 is 0 Å². The molecule has 1 aromatic carbocycles. The Morgan fingerprint density at radius 2 is 2.26 bits per heavy atom. The molecule has 1 aromatic heterocycles. The number of nitrogens with zero attached hydrogens (tertiary/aromatic N) is 1. The summed E-state index contributed by atoms with van der Waals surface area (Å²) in [5.41, 5.74) is 7.75. The molecular weight excluding hydrogens is 240 g/mol. The van der Waals surface area contributed by atoms with E-state index < -0.39 is 0 Å². The molecule has 19 heavy (non-hydrogen) atoms. The highest BCUT2D eigenvalue weighted by atomic mass is 16.2. The smallest absolute Gasteiger partial charge is 0.315 e. The number of urea groups is 1. The number of nitrogens with one attached hydrogen (secondary N) is 2. The maximum absolute atomic E-state index is 11.7. The normalized spacial score (nSPS) is 23.7. The van der Waals surface area contributed by atoms with Gasteiger partial charge in [-0.1, -0.05) is 12.1 Å². The molecule has 0 spiro atoms. The summed E-state index contributed by atoms with van der Waals surface area (Å²) in [5, 5.41) is 4.56. The van der Waals surface area contributed by atoms with Crippen LogP contribution in [0.4, 0.5) is 4.79 Å². The Labute approximate surface area is 111 Å². The fourth-order valence-corrected chi connectivity index (χ4v) is 2.99. The first-order valence-corrected chi connectivity index (χ1v) is 6.54. The van der Waals surface area contributed by atoms with Gasteiger partial charge in [0, 0.05) is 36.2 Å². The van der Waals surface area contributed by atoms with Crippen LogP contribution in [0.3, 0.4) is 0 Å². The van der Waals surface area contributed by atoms with E-state index in [0.717, 1.165) is 23.0 Å². The summed E-state index contributed by atoms with van der Waals surface area (Å²) in [7, 11) is 0. The zero-order valence-electron chi connectivity index (χ0n) is 10.9. The number of primary amides is 1. The Morgan fingerprint density at radius 1 is 1.42 bits per heavy atom. The van der Waals surface area contributed by atoms with E-state index in [4.69, 9.17) is 5.73 Å². The maximum atomic E-state index is 11.7. The van der Waals surface area contributed by atoms with Crippen molar-refractivity contribution in [2.45, 2.75) is 19.0 Å². The average Bonchev–Trinajstić information content (AvgIpc) is 2.86. The van der Waals surface area contributed by atoms with Crippen LogP contribution < -0.4 is 11.1 Å². The fourth-order valence-electron chi connectivity index (χ4n) is 2.99. The Kier molecular flexibility index (Phi) is 2.91. The van der Waals surface area contributed by atoms with E-state index in [-0.39, 0.29) is 18.1 Å². The number of carbonyl (C=O) groups excluding carboxylic acids is 1. The molecular formula is C14H18N4O. The van der Waals surface area contributed by atoms with Gasteiger partial charge in [0.2, 0.25) is 0 Å². The molecule has 0 saturated carbocycles. The van der Waals surface area contributed by atoms with Crippen LogP contribution in [0.2, 0.25) is 0 Å². The molecule has 2 amide bonds. The van der Waals surface area contributed by atoms with Gasteiger partial charge in [0.1, 0.15) is 0 Å². The summed E-state index contributed by atoms with van der Waals surface area (Å²) >= 11 is 0. The molecule has 5 nitrogen and oxygen atoms in total. The third-order valence-corrected chi connectivity index (χ3v) is 3.86. The molecule has 2 aromatic rings. The Bertz CT molecular complexity index is 606. The van der Waals surface area contributed by atoms with Crippen molar-refractivity contribution in [2.24, 2.45) is 5.73 Å². The first kappa shape index (κ1) is 12.0. The number of H-pyrrole nitrogens is 1. The zero-order chi connectivity index (χ0) is 13.4. The number of carbonyl (C=O) groups is 1. The van der Waals surface area contributed by atoms with Gasteiger partial charge in [-0.2, -0.15) is 0 Å². The Hall–Kier alpha value is -2.01. The molecule has 0 aliphatic carbocycles. The van der Waals surface area contributed by atoms with Crippen molar-refractivity contribution in [1.82, 2.24) is 15.2 Å². The fraction of sp³-hybridized carbons (Fsp3) is 0.357. The number of hydrogen-bond donors (Lipinski definition) is 3. The number of nitrogens with two attached hydrogens (primary N) is 1. The van der Waals surface area contributed by atoms with Gasteiger partial charge in [0.05, 0.1) is 6.04 Å². The van der Waals surface area contributed by atoms with Crippen LogP contribution in [-0.4, -0.2) is 35.0 Å². The predicted molar refractivity (Wildman–Crippen MR) is 74.8 cm³/mol. The lowest BCUT2D eigenvalue weighted by Gasteiger charge is -2.40. The number of aromatic nitrogens is 1. The lowest BCUT2D eigenvalue weighted by molar-refractivity contribution is 0.145. The van der Waals surface area contributed by atoms with Crippen LogP contribution >= 0.6 is 0 Å². The summed E-state index contributed by atoms with van der Waals surface area (Å²) in [4.78, 5) is 16.6. The minimum atomic E-state index is -0.356. The molecule has 2 heterocycles. The Morgan fingerprint density at radius 3 is 3.05 bits per heavy atom. The molecule has 3 rings (SSSR count). The van der Waals surface area contributed by atoms with Crippen molar-refractivity contribution in [3.05, 3.63) is 36.0 Å². The second kappa shape index (κ2) is 4.59. The van der Waals surface area contributed by atoms with E-state index in [2.05, 4.69) is 23.3 Å². The van der Waals surface area contributed by atoms with E-state index in [0.29, 0.717) is 6.54 Å². The monoisotopic (exact) mass is 258 g/mol. The number of piperazine rings is 1. The maximum Gasteiger partial charge on any atom is 0.315 e. The molecule has 1 fully saturated rings. The second-order valence-corrected chi connectivity index (χ2v) is 5.01. The minimum Gasteiger partial charge on any atom is -0.361 e. The molecule has 100 valence electrons. The highest BCUT2D eigenvalue weighted by Crippen LogP contribution is 2.31. The standard InChI is InChI=1S/C14H18N4O/c1-9-13(18(14(15)19)8-7-16-9)11-3-2-4-12-10(11)5-6-17-12/h2-6,9,13,16-17H,7-8H2,1H3,(H2,15,19). The molecule has 4 N–H and O–H groups in total. The minimum absolute atomic E-state index is 0.0225. The Balaban J connectivity index is 2.11. The lowest BCUT2D eigenvalue weighted by Crippen LogP contribution is -2.54. The van der Waals surface area contributed by atoms with Crippen LogP contribution in [0.15, 0.2) is 30.5 Å². The topological polar surface area (TPSA) is 74.2 Å². The van der Waals surface area contributed by atoms with Gasteiger partial charge in [-0.05, 0) is 24.6 Å². The quantitative estimate of drug-likeness (QED) is 0.726. The van der Waals surface area contributed by atoms with Crippen molar-refractivity contribution in [3.63, 3.8) is 0 Å². The third-order valence-electron chi connectivity index (χ3n) is 3.86. The number of hydrogen-bond acceptors (Lipinski definition) is 2. The van der Waals surface area contributed by atoms with Crippen molar-refractivity contribution < 1.29 is 4.79 Å². The van der Waals surface area contributed by atoms with Gasteiger partial charge in [-0.15, -0.1) is 0 Å². The van der Waals surface area contributed by atoms with Gasteiger partial charge in [-0.3, -0.25) is 0 Å². The SMILES string of the molecule is CC1NCCN(C(N)=O)C1c1cccc2[nH]ccc12. The van der Waals surface area contributed by atoms with E-state index in [1.54, 1.807) is 4.90 Å². The average molecular weight is 258 g/mol. The van der Waals surface area contributed by atoms with Crippen molar-refractivity contribution in [2.75, 3.05) is 13.1 Å². The highest BCUT2D eigenvalue weighted by Gasteiger charge is 2.32. The summed E-state index contributed by atoms with van der Waals surface area (Å²) in [6.07, 6.45) is 1.92. The van der Waals surface area contributed by atoms with Crippen LogP contribution in [-0.2, 0) is 0 Å². The largest absolute Gasteiger partial charge is 0.361 e. The summed E-state index contributed by atoms with van der Waals surface area (Å²) in [6, 6.07) is 7.97. The van der Waals surface area contributed by atoms with Crippen molar-refractivity contribution >= 4 is 16.9 Å². The van der Waals surface area contributed by atoms with E-state index in [1.165, 1.54) is 0 Å². The van der Waals surface area contributed by atoms with Crippen molar-refractivity contribution in [1.29, 1.82) is 0 Å². The first-order chi connectivity index (χ1) is 9.18. The van der Waals surface area contributed by atoms with Gasteiger partial charge in [-0.25, -0.2) is 4.79 Å². The number of amides is 2. The molecule has 5 heteroatoms. The highest BCUT2D eigenvalue weighted by molar-refractivity contribution is 5.84. The van der Waals surface area contributed by atoms with Crippen LogP contribution in [0.5, 0.6) is 0 Å². The molecule has 1 aliphatic rings. The van der Waals surface area contributed by atoms with Gasteiger partial charge in [0.25, 0.3) is 0 Å². The van der Waals surface area contributed by atoms with Crippen LogP contribution in [0, 0.1) is 0 Å². The van der Waals surface area contributed by atoms with E-state index in [1.807, 2.05) is 24.4 Å². The van der Waals surface area contributed by atoms with Gasteiger partial charge in [0.15, 0.2) is 0 Å². The number of fused-ring (bicyclic) bond motifs is 1. The van der Waals surface area contributed by atoms with Crippen LogP contribution in [0.25, 0.3) is 10.9 Å². The van der Waals surface area contributed by atoms with Crippen LogP contribution in [0.1, 0.15) is 18.5 Å². The molecule has 1 aliphatic heterocycles. The first-order valence-electron chi connectivity index (χ1n) is 6.54. The predicted octanol–water partition coefficient (Wildman–Crippen LogP) is 1.58. The molecule has 0 bridgehead atoms. The second-order valence-electron chi connectivity index (χ2n) is 5.01. The van der Waals surface area contributed by atoms with Gasteiger partial charge >= 0.3 is 6.03 Å². The number of benzene rings is 1. The molecule has 2 unspecified atom stereocenters. The molecule has 2 atom stereocenters. The van der Waals surface area contributed by atoms with Crippen molar-refractivity contribution in [3.8, 4) is 0 Å². The zero-order valence-corrected chi connectivity index (χ0v) is 10.9. The summed E-state index contributed by atoms with van der Waals surface area (Å²) in [6.45, 7) is 3.51. The molecule has 0 radical (unpaired) electrons. The number of rotatable bonds is 1. The summed E-state index contributed by atoms with van der Waals surface area (Å²) in [5.74, 6) is 0. The van der Waals surface area contributed by atoms with E-state index in [9.17, 15) is 4.79 Å². The molecule has 1 saturated heterocycles. The number of aromatic amines is 1. The third kappa shape index (κ3) is 1.96. The summed E-state index contributed by atoms with van der Waals surface area (Å²) < 4.78 is 0.